The van der Waals surface area contributed by atoms with Crippen molar-refractivity contribution in [3.63, 3.8) is 0 Å². The lowest BCUT2D eigenvalue weighted by Gasteiger charge is -2.22. The zero-order valence-corrected chi connectivity index (χ0v) is 16.1. The van der Waals surface area contributed by atoms with Crippen molar-refractivity contribution in [2.45, 2.75) is 33.1 Å². The van der Waals surface area contributed by atoms with E-state index in [1.165, 1.54) is 29.5 Å². The molecule has 1 heterocycles. The molecular weight excluding hydrogens is 368 g/mol. The number of benzene rings is 1. The molecule has 7 heteroatoms. The van der Waals surface area contributed by atoms with Gasteiger partial charge in [-0.25, -0.2) is 8.78 Å². The average molecular weight is 389 g/mol. The lowest BCUT2D eigenvalue weighted by molar-refractivity contribution is -0.118. The molecule has 1 aliphatic carbocycles. The first-order valence-corrected chi connectivity index (χ1v) is 9.68. The average Bonchev–Trinajstić information content (AvgIpc) is 3.11. The maximum absolute atomic E-state index is 13.5. The normalized spacial score (nSPS) is 14.1. The maximum atomic E-state index is 13.5. The molecule has 0 bridgehead atoms. The third-order valence-corrected chi connectivity index (χ3v) is 5.12. The lowest BCUT2D eigenvalue weighted by Crippen LogP contribution is -2.34. The highest BCUT2D eigenvalue weighted by atomic mass is 32.1. The highest BCUT2D eigenvalue weighted by molar-refractivity contribution is 7.18. The first-order chi connectivity index (χ1) is 12.9. The zero-order valence-electron chi connectivity index (χ0n) is 15.3. The largest absolute Gasteiger partial charge is 0.286 e. The summed E-state index contributed by atoms with van der Waals surface area (Å²) in [6, 6.07) is 6.14. The summed E-state index contributed by atoms with van der Waals surface area (Å²) in [5.41, 5.74) is 1.54. The molecule has 0 N–H and O–H groups in total. The quantitative estimate of drug-likeness (QED) is 0.674. The molecule has 0 unspecified atom stereocenters. The number of nitrogens with zero attached hydrogens (tertiary/aromatic N) is 3. The monoisotopic (exact) mass is 389 g/mol. The van der Waals surface area contributed by atoms with Gasteiger partial charge >= 0.3 is 0 Å². The molecule has 0 saturated carbocycles. The van der Waals surface area contributed by atoms with Crippen molar-refractivity contribution in [3.8, 4) is 10.6 Å². The molecule has 1 amide bonds. The summed E-state index contributed by atoms with van der Waals surface area (Å²) in [4.78, 5) is 14.5. The van der Waals surface area contributed by atoms with E-state index in [-0.39, 0.29) is 29.9 Å². The minimum Gasteiger partial charge on any atom is -0.286 e. The lowest BCUT2D eigenvalue weighted by atomic mass is 10.0. The Hall–Kier alpha value is -2.41. The van der Waals surface area contributed by atoms with Crippen LogP contribution in [0, 0.1) is 11.7 Å². The third kappa shape index (κ3) is 5.07. The molecule has 1 aromatic heterocycles. The van der Waals surface area contributed by atoms with Gasteiger partial charge in [-0.1, -0.05) is 49.0 Å². The Balaban J connectivity index is 1.81. The Morgan fingerprint density at radius 3 is 2.70 bits per heavy atom. The van der Waals surface area contributed by atoms with E-state index < -0.39 is 0 Å². The van der Waals surface area contributed by atoms with Gasteiger partial charge < -0.3 is 0 Å². The number of anilines is 1. The minimum atomic E-state index is -0.344. The molecule has 3 rings (SSSR count). The van der Waals surface area contributed by atoms with Crippen LogP contribution in [-0.4, -0.2) is 22.6 Å². The fourth-order valence-electron chi connectivity index (χ4n) is 2.81. The molecule has 0 atom stereocenters. The first-order valence-electron chi connectivity index (χ1n) is 8.86. The van der Waals surface area contributed by atoms with E-state index in [9.17, 15) is 13.6 Å². The van der Waals surface area contributed by atoms with Crippen LogP contribution in [0.5, 0.6) is 0 Å². The summed E-state index contributed by atoms with van der Waals surface area (Å²) < 4.78 is 26.6. The van der Waals surface area contributed by atoms with Crippen LogP contribution >= 0.6 is 11.3 Å². The second kappa shape index (κ2) is 8.52. The SMILES string of the molecule is CC(C)CN(C(=O)CC1=CC=C(F)CC1)c1nnc(-c2cccc(F)c2)s1. The Kier molecular flexibility index (Phi) is 6.11. The van der Waals surface area contributed by atoms with Crippen molar-refractivity contribution in [3.05, 3.63) is 53.6 Å². The van der Waals surface area contributed by atoms with Crippen LogP contribution in [0.4, 0.5) is 13.9 Å². The van der Waals surface area contributed by atoms with Gasteiger partial charge in [0.25, 0.3) is 0 Å². The fraction of sp³-hybridized carbons (Fsp3) is 0.350. The van der Waals surface area contributed by atoms with Crippen molar-refractivity contribution in [1.29, 1.82) is 0 Å². The number of hydrogen-bond donors (Lipinski definition) is 0. The van der Waals surface area contributed by atoms with Gasteiger partial charge in [-0.05, 0) is 30.5 Å². The van der Waals surface area contributed by atoms with Crippen LogP contribution in [-0.2, 0) is 4.79 Å². The van der Waals surface area contributed by atoms with Crippen LogP contribution in [0.15, 0.2) is 47.8 Å². The smallest absolute Gasteiger partial charge is 0.232 e. The second-order valence-electron chi connectivity index (χ2n) is 6.91. The Morgan fingerprint density at radius 2 is 2.04 bits per heavy atom. The fourth-order valence-corrected chi connectivity index (χ4v) is 3.67. The van der Waals surface area contributed by atoms with Crippen molar-refractivity contribution in [1.82, 2.24) is 10.2 Å². The summed E-state index contributed by atoms with van der Waals surface area (Å²) >= 11 is 1.26. The highest BCUT2D eigenvalue weighted by Gasteiger charge is 2.23. The van der Waals surface area contributed by atoms with Gasteiger partial charge in [0.1, 0.15) is 16.7 Å². The van der Waals surface area contributed by atoms with E-state index >= 15 is 0 Å². The van der Waals surface area contributed by atoms with Gasteiger partial charge in [0, 0.05) is 24.9 Å². The number of carbonyl (C=O) groups excluding carboxylic acids is 1. The number of aromatic nitrogens is 2. The topological polar surface area (TPSA) is 46.1 Å². The molecule has 1 aromatic carbocycles. The van der Waals surface area contributed by atoms with E-state index in [2.05, 4.69) is 10.2 Å². The van der Waals surface area contributed by atoms with Crippen molar-refractivity contribution in [2.24, 2.45) is 5.92 Å². The standard InChI is InChI=1S/C20H21F2N3OS/c1-13(2)12-25(18(26)10-14-6-8-16(21)9-7-14)20-24-23-19(27-20)15-4-3-5-17(22)11-15/h3-6,8,11,13H,7,9-10,12H2,1-2H3. The third-order valence-electron chi connectivity index (χ3n) is 4.13. The summed E-state index contributed by atoms with van der Waals surface area (Å²) in [5.74, 6) is -0.348. The van der Waals surface area contributed by atoms with Crippen LogP contribution in [0.2, 0.25) is 0 Å². The Bertz CT molecular complexity index is 889. The van der Waals surface area contributed by atoms with Crippen LogP contribution < -0.4 is 4.90 Å². The first kappa shape index (κ1) is 19.4. The van der Waals surface area contributed by atoms with Gasteiger partial charge in [0.05, 0.1) is 0 Å². The van der Waals surface area contributed by atoms with Gasteiger partial charge in [-0.15, -0.1) is 10.2 Å². The summed E-state index contributed by atoms with van der Waals surface area (Å²) in [6.45, 7) is 4.55. The molecule has 0 saturated heterocycles. The molecule has 27 heavy (non-hydrogen) atoms. The molecule has 0 fully saturated rings. The summed E-state index contributed by atoms with van der Waals surface area (Å²) in [7, 11) is 0. The van der Waals surface area contributed by atoms with Crippen LogP contribution in [0.1, 0.15) is 33.1 Å². The van der Waals surface area contributed by atoms with E-state index in [1.807, 2.05) is 13.8 Å². The van der Waals surface area contributed by atoms with Gasteiger partial charge in [-0.2, -0.15) is 0 Å². The molecule has 4 nitrogen and oxygen atoms in total. The number of carbonyl (C=O) groups is 1. The van der Waals surface area contributed by atoms with E-state index in [0.29, 0.717) is 35.1 Å². The maximum Gasteiger partial charge on any atom is 0.232 e. The van der Waals surface area contributed by atoms with Crippen LogP contribution in [0.25, 0.3) is 10.6 Å². The van der Waals surface area contributed by atoms with Gasteiger partial charge in [0.15, 0.2) is 0 Å². The van der Waals surface area contributed by atoms with Crippen LogP contribution in [0.3, 0.4) is 0 Å². The predicted molar refractivity (Wildman–Crippen MR) is 104 cm³/mol. The molecular formula is C20H21F2N3OS. The number of halogens is 2. The van der Waals surface area contributed by atoms with E-state index in [0.717, 1.165) is 5.57 Å². The zero-order chi connectivity index (χ0) is 19.4. The number of allylic oxidation sites excluding steroid dienone is 3. The molecule has 142 valence electrons. The summed E-state index contributed by atoms with van der Waals surface area (Å²) in [6.07, 6.45) is 4.22. The van der Waals surface area contributed by atoms with Crippen molar-refractivity contribution in [2.75, 3.05) is 11.4 Å². The Labute approximate surface area is 161 Å². The molecule has 0 radical (unpaired) electrons. The second-order valence-corrected chi connectivity index (χ2v) is 7.87. The molecule has 0 aliphatic heterocycles. The number of rotatable bonds is 6. The molecule has 0 spiro atoms. The predicted octanol–water partition coefficient (Wildman–Crippen LogP) is 5.30. The highest BCUT2D eigenvalue weighted by Crippen LogP contribution is 2.31. The number of amides is 1. The minimum absolute atomic E-state index is 0.0902. The van der Waals surface area contributed by atoms with Gasteiger partial charge in [-0.3, -0.25) is 9.69 Å². The van der Waals surface area contributed by atoms with E-state index in [1.54, 1.807) is 23.1 Å². The van der Waals surface area contributed by atoms with Gasteiger partial charge in [0.2, 0.25) is 11.0 Å². The number of hydrogen-bond acceptors (Lipinski definition) is 4. The van der Waals surface area contributed by atoms with Crippen molar-refractivity contribution < 1.29 is 13.6 Å². The van der Waals surface area contributed by atoms with E-state index in [4.69, 9.17) is 0 Å². The Morgan fingerprint density at radius 1 is 1.22 bits per heavy atom. The van der Waals surface area contributed by atoms with Crippen molar-refractivity contribution >= 4 is 22.4 Å². The summed E-state index contributed by atoms with van der Waals surface area (Å²) in [5, 5.41) is 9.35. The molecule has 1 aliphatic rings. The molecule has 2 aromatic rings.